The molecule has 0 radical (unpaired) electrons. The fourth-order valence-electron chi connectivity index (χ4n) is 4.88. The van der Waals surface area contributed by atoms with Gasteiger partial charge in [0.25, 0.3) is 5.91 Å². The molecule has 7 nitrogen and oxygen atoms in total. The van der Waals surface area contributed by atoms with Gasteiger partial charge < -0.3 is 15.0 Å². The van der Waals surface area contributed by atoms with Crippen molar-refractivity contribution in [2.75, 3.05) is 11.2 Å². The van der Waals surface area contributed by atoms with Crippen molar-refractivity contribution in [3.05, 3.63) is 48.2 Å². The average Bonchev–Trinajstić information content (AvgIpc) is 3.03. The van der Waals surface area contributed by atoms with Crippen LogP contribution in [-0.4, -0.2) is 49.3 Å². The smallest absolute Gasteiger partial charge is 0.419 e. The van der Waals surface area contributed by atoms with Gasteiger partial charge in [0.2, 0.25) is 0 Å². The molecule has 190 valence electrons. The monoisotopic (exact) mass is 511 g/mol. The molecule has 2 saturated heterocycles. The first-order valence-corrected chi connectivity index (χ1v) is 13.3. The van der Waals surface area contributed by atoms with E-state index in [1.54, 1.807) is 12.1 Å². The first-order chi connectivity index (χ1) is 16.3. The number of para-hydroxylation sites is 1. The van der Waals surface area contributed by atoms with E-state index in [1.165, 1.54) is 38.2 Å². The Hall–Kier alpha value is -2.82. The number of amides is 1. The van der Waals surface area contributed by atoms with Gasteiger partial charge in [-0.05, 0) is 63.8 Å². The minimum atomic E-state index is -4.59. The highest BCUT2D eigenvalue weighted by molar-refractivity contribution is 7.90. The molecule has 2 aliphatic heterocycles. The largest absolute Gasteiger partial charge is 0.477 e. The van der Waals surface area contributed by atoms with Crippen molar-refractivity contribution in [3.8, 4) is 5.75 Å². The van der Waals surface area contributed by atoms with Gasteiger partial charge in [0.05, 0.1) is 10.5 Å². The minimum absolute atomic E-state index is 0.116. The number of rotatable bonds is 6. The Morgan fingerprint density at radius 2 is 1.71 bits per heavy atom. The van der Waals surface area contributed by atoms with Crippen molar-refractivity contribution in [1.29, 1.82) is 0 Å². The first kappa shape index (κ1) is 25.3. The third-order valence-corrected chi connectivity index (χ3v) is 7.68. The van der Waals surface area contributed by atoms with E-state index in [4.69, 9.17) is 4.74 Å². The zero-order chi connectivity index (χ0) is 25.6. The number of fused-ring (bicyclic) bond motifs is 2. The molecule has 1 aromatic heterocycles. The highest BCUT2D eigenvalue weighted by Crippen LogP contribution is 2.40. The number of alkyl halides is 3. The van der Waals surface area contributed by atoms with Gasteiger partial charge >= 0.3 is 6.18 Å². The molecule has 1 aromatic carbocycles. The second-order valence-electron chi connectivity index (χ2n) is 9.66. The number of hydrogen-bond donors (Lipinski definition) is 1. The number of piperidine rings is 1. The minimum Gasteiger partial charge on any atom is -0.477 e. The zero-order valence-corrected chi connectivity index (χ0v) is 20.5. The fourth-order valence-corrected chi connectivity index (χ4v) is 5.44. The van der Waals surface area contributed by atoms with Crippen LogP contribution in [0.4, 0.5) is 19.0 Å². The summed E-state index contributed by atoms with van der Waals surface area (Å²) < 4.78 is 69.0. The maximum Gasteiger partial charge on any atom is 0.419 e. The fraction of sp³-hybridized carbons (Fsp3) is 0.500. The number of carbonyl (C=O) groups is 1. The molecule has 35 heavy (non-hydrogen) atoms. The van der Waals surface area contributed by atoms with Crippen molar-refractivity contribution < 1.29 is 31.1 Å². The number of aromatic nitrogens is 1. The summed E-state index contributed by atoms with van der Waals surface area (Å²) in [7, 11) is -3.33. The number of anilines is 1. The number of benzene rings is 1. The standard InChI is InChI=1S/C24H28F3N3O4S/c1-23(2,34-20-7-5-4-6-19(20)24(25,26)27)22(31)29-15-12-16-8-9-17(13-15)30(16)21-11-10-18(14-28-21)35(3,32)33/h4-7,10-11,14-17H,8-9,12-13H2,1-3H3,(H,29,31)/t15?,16-,17+. The number of halogens is 3. The Morgan fingerprint density at radius 1 is 1.09 bits per heavy atom. The summed E-state index contributed by atoms with van der Waals surface area (Å²) >= 11 is 0. The van der Waals surface area contributed by atoms with Crippen LogP contribution >= 0.6 is 0 Å². The summed E-state index contributed by atoms with van der Waals surface area (Å²) in [6, 6.07) is 8.16. The van der Waals surface area contributed by atoms with Crippen LogP contribution in [0.25, 0.3) is 0 Å². The van der Waals surface area contributed by atoms with Crippen LogP contribution in [-0.2, 0) is 20.8 Å². The Bertz CT molecular complexity index is 1190. The maximum absolute atomic E-state index is 13.3. The summed E-state index contributed by atoms with van der Waals surface area (Å²) in [6.45, 7) is 2.90. The second-order valence-corrected chi connectivity index (χ2v) is 11.7. The number of hydrogen-bond acceptors (Lipinski definition) is 6. The molecule has 0 aliphatic carbocycles. The molecule has 2 aromatic rings. The van der Waals surface area contributed by atoms with Crippen LogP contribution in [0, 0.1) is 0 Å². The molecule has 4 rings (SSSR count). The Morgan fingerprint density at radius 3 is 2.26 bits per heavy atom. The lowest BCUT2D eigenvalue weighted by Crippen LogP contribution is -2.55. The first-order valence-electron chi connectivity index (χ1n) is 11.4. The molecule has 0 spiro atoms. The van der Waals surface area contributed by atoms with Gasteiger partial charge in [-0.25, -0.2) is 13.4 Å². The maximum atomic E-state index is 13.3. The Labute approximate surface area is 202 Å². The van der Waals surface area contributed by atoms with Crippen LogP contribution < -0.4 is 15.0 Å². The van der Waals surface area contributed by atoms with Gasteiger partial charge in [-0.1, -0.05) is 12.1 Å². The van der Waals surface area contributed by atoms with Crippen LogP contribution in [0.3, 0.4) is 0 Å². The average molecular weight is 512 g/mol. The molecular weight excluding hydrogens is 483 g/mol. The van der Waals surface area contributed by atoms with Crippen molar-refractivity contribution in [2.45, 2.75) is 74.3 Å². The van der Waals surface area contributed by atoms with E-state index in [-0.39, 0.29) is 23.0 Å². The van der Waals surface area contributed by atoms with Gasteiger partial charge in [0, 0.05) is 30.6 Å². The summed E-state index contributed by atoms with van der Waals surface area (Å²) in [6.07, 6.45) is 1.00. The summed E-state index contributed by atoms with van der Waals surface area (Å²) in [4.78, 5) is 19.7. The molecule has 1 amide bonds. The molecular formula is C24H28F3N3O4S. The molecule has 1 N–H and O–H groups in total. The summed E-state index contributed by atoms with van der Waals surface area (Å²) in [5.74, 6) is -0.177. The number of sulfone groups is 1. The quantitative estimate of drug-likeness (QED) is 0.631. The van der Waals surface area contributed by atoms with Gasteiger partial charge in [-0.3, -0.25) is 4.79 Å². The molecule has 3 heterocycles. The van der Waals surface area contributed by atoms with E-state index in [0.717, 1.165) is 25.2 Å². The molecule has 3 atom stereocenters. The third kappa shape index (κ3) is 5.39. The Balaban J connectivity index is 1.42. The number of pyridine rings is 1. The van der Waals surface area contributed by atoms with Crippen molar-refractivity contribution >= 4 is 21.6 Å². The topological polar surface area (TPSA) is 88.6 Å². The zero-order valence-electron chi connectivity index (χ0n) is 19.7. The van der Waals surface area contributed by atoms with E-state index in [1.807, 2.05) is 0 Å². The van der Waals surface area contributed by atoms with Crippen molar-refractivity contribution in [1.82, 2.24) is 10.3 Å². The van der Waals surface area contributed by atoms with E-state index < -0.39 is 38.8 Å². The van der Waals surface area contributed by atoms with Crippen molar-refractivity contribution in [3.63, 3.8) is 0 Å². The van der Waals surface area contributed by atoms with E-state index in [0.29, 0.717) is 18.7 Å². The predicted octanol–water partition coefficient (Wildman–Crippen LogP) is 3.98. The lowest BCUT2D eigenvalue weighted by Gasteiger charge is -2.41. The lowest BCUT2D eigenvalue weighted by molar-refractivity contribution is -0.143. The number of carbonyl (C=O) groups excluding carboxylic acids is 1. The number of nitrogens with zero attached hydrogens (tertiary/aromatic N) is 2. The van der Waals surface area contributed by atoms with E-state index in [9.17, 15) is 26.4 Å². The number of nitrogens with one attached hydrogen (secondary N) is 1. The summed E-state index contributed by atoms with van der Waals surface area (Å²) in [5, 5.41) is 2.97. The molecule has 11 heteroatoms. The number of ether oxygens (including phenoxy) is 1. The van der Waals surface area contributed by atoms with Gasteiger partial charge in [-0.2, -0.15) is 13.2 Å². The third-order valence-electron chi connectivity index (χ3n) is 6.59. The summed E-state index contributed by atoms with van der Waals surface area (Å²) in [5.41, 5.74) is -2.44. The second kappa shape index (κ2) is 9.00. The normalized spacial score (nSPS) is 22.7. The highest BCUT2D eigenvalue weighted by atomic mass is 32.2. The van der Waals surface area contributed by atoms with Gasteiger partial charge in [-0.15, -0.1) is 0 Å². The molecule has 1 unspecified atom stereocenters. The predicted molar refractivity (Wildman–Crippen MR) is 124 cm³/mol. The van der Waals surface area contributed by atoms with E-state index >= 15 is 0 Å². The highest BCUT2D eigenvalue weighted by Gasteiger charge is 2.44. The van der Waals surface area contributed by atoms with Crippen LogP contribution in [0.2, 0.25) is 0 Å². The Kier molecular flexibility index (Phi) is 6.50. The molecule has 2 bridgehead atoms. The van der Waals surface area contributed by atoms with Gasteiger partial charge in [0.1, 0.15) is 11.6 Å². The SMILES string of the molecule is CC(C)(Oc1ccccc1C(F)(F)F)C(=O)NC1C[C@H]2CC[C@@H](C1)N2c1ccc(S(C)(=O)=O)cn1. The lowest BCUT2D eigenvalue weighted by atomic mass is 9.96. The van der Waals surface area contributed by atoms with Crippen LogP contribution in [0.5, 0.6) is 5.75 Å². The van der Waals surface area contributed by atoms with E-state index in [2.05, 4.69) is 15.2 Å². The van der Waals surface area contributed by atoms with Crippen molar-refractivity contribution in [2.24, 2.45) is 0 Å². The molecule has 2 aliphatic rings. The van der Waals surface area contributed by atoms with Gasteiger partial charge in [0.15, 0.2) is 15.4 Å². The van der Waals surface area contributed by atoms with Crippen LogP contribution in [0.1, 0.15) is 45.1 Å². The molecule has 0 saturated carbocycles. The van der Waals surface area contributed by atoms with Crippen LogP contribution in [0.15, 0.2) is 47.5 Å². The molecule has 2 fully saturated rings.